The zero-order valence-electron chi connectivity index (χ0n) is 12.8. The number of hydrogen-bond donors (Lipinski definition) is 2. The molecule has 0 saturated carbocycles. The van der Waals surface area contributed by atoms with E-state index in [2.05, 4.69) is 20.6 Å². The fourth-order valence-electron chi connectivity index (χ4n) is 2.01. The number of nitrogens with zero attached hydrogens (tertiary/aromatic N) is 2. The third-order valence-electron chi connectivity index (χ3n) is 3.13. The fourth-order valence-corrected chi connectivity index (χ4v) is 2.01. The van der Waals surface area contributed by atoms with Gasteiger partial charge < -0.3 is 15.4 Å². The second kappa shape index (κ2) is 7.73. The summed E-state index contributed by atoms with van der Waals surface area (Å²) in [6.07, 6.45) is 3.29. The number of anilines is 1. The Balaban J connectivity index is 1.63. The van der Waals surface area contributed by atoms with Gasteiger partial charge >= 0.3 is 6.03 Å². The minimum atomic E-state index is -0.355. The topological polar surface area (TPSA) is 76.1 Å². The Morgan fingerprint density at radius 2 is 1.71 bits per heavy atom. The second-order valence-corrected chi connectivity index (χ2v) is 4.90. The van der Waals surface area contributed by atoms with Gasteiger partial charge in [-0.25, -0.2) is 9.78 Å². The molecular weight excluding hydrogens is 304 g/mol. The summed E-state index contributed by atoms with van der Waals surface area (Å²) in [6.45, 7) is 0.335. The van der Waals surface area contributed by atoms with E-state index in [1.807, 2.05) is 48.5 Å². The summed E-state index contributed by atoms with van der Waals surface area (Å²) in [5.74, 6) is 0.977. The van der Waals surface area contributed by atoms with Crippen LogP contribution in [0.25, 0.3) is 0 Å². The van der Waals surface area contributed by atoms with Gasteiger partial charge in [-0.3, -0.25) is 4.98 Å². The van der Waals surface area contributed by atoms with Crippen LogP contribution in [0.15, 0.2) is 73.1 Å². The highest BCUT2D eigenvalue weighted by Gasteiger charge is 2.09. The summed E-state index contributed by atoms with van der Waals surface area (Å²) >= 11 is 0. The predicted octanol–water partition coefficient (Wildman–Crippen LogP) is 3.59. The maximum atomic E-state index is 12.1. The lowest BCUT2D eigenvalue weighted by Gasteiger charge is -2.11. The van der Waals surface area contributed by atoms with Crippen LogP contribution in [0.3, 0.4) is 0 Å². The molecule has 6 heteroatoms. The zero-order valence-corrected chi connectivity index (χ0v) is 12.8. The lowest BCUT2D eigenvalue weighted by atomic mass is 10.3. The van der Waals surface area contributed by atoms with Gasteiger partial charge in [0, 0.05) is 12.4 Å². The van der Waals surface area contributed by atoms with Gasteiger partial charge in [0.25, 0.3) is 0 Å². The molecule has 0 bridgehead atoms. The van der Waals surface area contributed by atoms with Crippen molar-refractivity contribution in [1.29, 1.82) is 0 Å². The SMILES string of the molecule is O=C(NCc1ccccn1)Nc1cccnc1Oc1ccccc1. The molecule has 120 valence electrons. The van der Waals surface area contributed by atoms with Gasteiger partial charge in [-0.05, 0) is 36.4 Å². The molecule has 3 aromatic rings. The molecule has 24 heavy (non-hydrogen) atoms. The number of hydrogen-bond acceptors (Lipinski definition) is 4. The van der Waals surface area contributed by atoms with Crippen molar-refractivity contribution in [2.45, 2.75) is 6.54 Å². The number of carbonyl (C=O) groups is 1. The Kier molecular flexibility index (Phi) is 4.99. The standard InChI is InChI=1S/C18H16N4O2/c23-18(21-13-14-7-4-5-11-19-14)22-16-10-6-12-20-17(16)24-15-8-2-1-3-9-15/h1-12H,13H2,(H2,21,22,23). The first-order valence-corrected chi connectivity index (χ1v) is 7.44. The first kappa shape index (κ1) is 15.5. The summed E-state index contributed by atoms with van der Waals surface area (Å²) < 4.78 is 5.71. The number of carbonyl (C=O) groups excluding carboxylic acids is 1. The number of rotatable bonds is 5. The number of amides is 2. The average Bonchev–Trinajstić information content (AvgIpc) is 2.63. The highest BCUT2D eigenvalue weighted by molar-refractivity contribution is 5.90. The summed E-state index contributed by atoms with van der Waals surface area (Å²) in [7, 11) is 0. The highest BCUT2D eigenvalue weighted by atomic mass is 16.5. The number of urea groups is 1. The summed E-state index contributed by atoms with van der Waals surface area (Å²) in [5.41, 5.74) is 1.26. The smallest absolute Gasteiger partial charge is 0.319 e. The third-order valence-corrected chi connectivity index (χ3v) is 3.13. The van der Waals surface area contributed by atoms with Crippen LogP contribution in [0.2, 0.25) is 0 Å². The summed E-state index contributed by atoms with van der Waals surface area (Å²) in [6, 6.07) is 17.9. The molecule has 6 nitrogen and oxygen atoms in total. The van der Waals surface area contributed by atoms with E-state index in [4.69, 9.17) is 4.74 Å². The minimum absolute atomic E-state index is 0.330. The molecule has 0 aliphatic heterocycles. The van der Waals surface area contributed by atoms with Crippen LogP contribution < -0.4 is 15.4 Å². The van der Waals surface area contributed by atoms with Gasteiger partial charge in [0.15, 0.2) is 0 Å². The summed E-state index contributed by atoms with van der Waals surface area (Å²) in [4.78, 5) is 20.4. The Hall–Kier alpha value is -3.41. The van der Waals surface area contributed by atoms with Crippen LogP contribution in [-0.4, -0.2) is 16.0 Å². The molecule has 0 fully saturated rings. The predicted molar refractivity (Wildman–Crippen MR) is 90.8 cm³/mol. The van der Waals surface area contributed by atoms with Crippen molar-refractivity contribution in [2.24, 2.45) is 0 Å². The fraction of sp³-hybridized carbons (Fsp3) is 0.0556. The number of para-hydroxylation sites is 1. The zero-order chi connectivity index (χ0) is 16.6. The van der Waals surface area contributed by atoms with Gasteiger partial charge in [-0.1, -0.05) is 24.3 Å². The molecule has 1 aromatic carbocycles. The molecule has 0 aliphatic carbocycles. The molecule has 0 unspecified atom stereocenters. The van der Waals surface area contributed by atoms with Crippen molar-refractivity contribution < 1.29 is 9.53 Å². The number of aromatic nitrogens is 2. The van der Waals surface area contributed by atoms with Crippen LogP contribution >= 0.6 is 0 Å². The number of ether oxygens (including phenoxy) is 1. The van der Waals surface area contributed by atoms with Gasteiger partial charge in [0.1, 0.15) is 11.4 Å². The third kappa shape index (κ3) is 4.30. The summed E-state index contributed by atoms with van der Waals surface area (Å²) in [5, 5.41) is 5.48. The van der Waals surface area contributed by atoms with E-state index in [0.717, 1.165) is 5.69 Å². The maximum absolute atomic E-state index is 12.1. The van der Waals surface area contributed by atoms with Gasteiger partial charge in [0.2, 0.25) is 5.88 Å². The molecule has 0 radical (unpaired) electrons. The van der Waals surface area contributed by atoms with Crippen molar-refractivity contribution in [1.82, 2.24) is 15.3 Å². The average molecular weight is 320 g/mol. The molecule has 2 aromatic heterocycles. The molecule has 2 heterocycles. The van der Waals surface area contributed by atoms with E-state index >= 15 is 0 Å². The Bertz CT molecular complexity index is 794. The molecule has 2 amide bonds. The van der Waals surface area contributed by atoms with Crippen LogP contribution in [0, 0.1) is 0 Å². The van der Waals surface area contributed by atoms with Crippen molar-refractivity contribution in [3.63, 3.8) is 0 Å². The first-order valence-electron chi connectivity index (χ1n) is 7.44. The molecule has 0 saturated heterocycles. The van der Waals surface area contributed by atoms with E-state index < -0.39 is 0 Å². The molecule has 3 rings (SSSR count). The van der Waals surface area contributed by atoms with Crippen molar-refractivity contribution in [3.05, 3.63) is 78.8 Å². The largest absolute Gasteiger partial charge is 0.437 e. The first-order chi connectivity index (χ1) is 11.8. The van der Waals surface area contributed by atoms with Crippen LogP contribution in [0.5, 0.6) is 11.6 Å². The maximum Gasteiger partial charge on any atom is 0.319 e. The van der Waals surface area contributed by atoms with Crippen LogP contribution in [0.1, 0.15) is 5.69 Å². The quantitative estimate of drug-likeness (QED) is 0.753. The van der Waals surface area contributed by atoms with E-state index in [-0.39, 0.29) is 6.03 Å². The highest BCUT2D eigenvalue weighted by Crippen LogP contribution is 2.26. The van der Waals surface area contributed by atoms with Crippen molar-refractivity contribution >= 4 is 11.7 Å². The lowest BCUT2D eigenvalue weighted by Crippen LogP contribution is -2.28. The van der Waals surface area contributed by atoms with Crippen molar-refractivity contribution in [3.8, 4) is 11.6 Å². The van der Waals surface area contributed by atoms with E-state index in [0.29, 0.717) is 23.9 Å². The molecule has 0 spiro atoms. The van der Waals surface area contributed by atoms with Gasteiger partial charge in [-0.15, -0.1) is 0 Å². The van der Waals surface area contributed by atoms with E-state index in [9.17, 15) is 4.79 Å². The van der Waals surface area contributed by atoms with Crippen LogP contribution in [-0.2, 0) is 6.54 Å². The van der Waals surface area contributed by atoms with E-state index in [1.165, 1.54) is 0 Å². The number of benzene rings is 1. The number of nitrogens with one attached hydrogen (secondary N) is 2. The molecular formula is C18H16N4O2. The monoisotopic (exact) mass is 320 g/mol. The van der Waals surface area contributed by atoms with Crippen molar-refractivity contribution in [2.75, 3.05) is 5.32 Å². The van der Waals surface area contributed by atoms with Gasteiger partial charge in [-0.2, -0.15) is 0 Å². The molecule has 0 aliphatic rings. The van der Waals surface area contributed by atoms with E-state index in [1.54, 1.807) is 24.5 Å². The Labute approximate surface area is 139 Å². The lowest BCUT2D eigenvalue weighted by molar-refractivity contribution is 0.251. The molecule has 0 atom stereocenters. The van der Waals surface area contributed by atoms with Gasteiger partial charge in [0.05, 0.1) is 12.2 Å². The normalized spacial score (nSPS) is 10.0. The Morgan fingerprint density at radius 1 is 0.917 bits per heavy atom. The number of pyridine rings is 2. The molecule has 2 N–H and O–H groups in total. The van der Waals surface area contributed by atoms with Crippen LogP contribution in [0.4, 0.5) is 10.5 Å². The minimum Gasteiger partial charge on any atom is -0.437 e. The Morgan fingerprint density at radius 3 is 2.50 bits per heavy atom. The second-order valence-electron chi connectivity index (χ2n) is 4.90.